The fourth-order valence-electron chi connectivity index (χ4n) is 7.99. The first-order chi connectivity index (χ1) is 25.8. The topological polar surface area (TPSA) is 119 Å². The molecule has 0 heterocycles. The van der Waals surface area contributed by atoms with Gasteiger partial charge in [0.1, 0.15) is 18.2 Å². The number of amides is 1. The number of rotatable bonds is 16. The zero-order chi connectivity index (χ0) is 37.2. The SMILES string of the molecule is CCCCCCC#CC1=C(CCCCCCC(=O)O)C(OC(=O)C2(NC(=O)OCC3c4ccccc4-c4ccccc43)Cc3ccccc3C2)CC1=O. The first-order valence-corrected chi connectivity index (χ1v) is 19.2. The van der Waals surface area contributed by atoms with Gasteiger partial charge in [0.2, 0.25) is 0 Å². The average Bonchev–Trinajstić information content (AvgIpc) is 3.79. The van der Waals surface area contributed by atoms with Gasteiger partial charge in [-0.2, -0.15) is 0 Å². The number of ether oxygens (including phenoxy) is 2. The minimum atomic E-state index is -1.41. The summed E-state index contributed by atoms with van der Waals surface area (Å²) in [4.78, 5) is 52.4. The number of carbonyl (C=O) groups excluding carboxylic acids is 3. The van der Waals surface area contributed by atoms with Gasteiger partial charge in [-0.05, 0) is 64.6 Å². The minimum absolute atomic E-state index is 0.00785. The van der Waals surface area contributed by atoms with E-state index in [9.17, 15) is 19.2 Å². The molecule has 0 spiro atoms. The van der Waals surface area contributed by atoms with Crippen LogP contribution in [0, 0.1) is 11.8 Å². The number of alkyl carbamates (subject to hydrolysis) is 1. The molecule has 276 valence electrons. The molecule has 53 heavy (non-hydrogen) atoms. The fraction of sp³-hybridized carbons (Fsp3) is 0.422. The lowest BCUT2D eigenvalue weighted by Gasteiger charge is -2.30. The second-order valence-electron chi connectivity index (χ2n) is 14.5. The third-order valence-corrected chi connectivity index (χ3v) is 10.7. The predicted molar refractivity (Wildman–Crippen MR) is 203 cm³/mol. The maximum Gasteiger partial charge on any atom is 0.408 e. The first-order valence-electron chi connectivity index (χ1n) is 19.2. The molecule has 3 aliphatic carbocycles. The van der Waals surface area contributed by atoms with Crippen LogP contribution in [0.5, 0.6) is 0 Å². The van der Waals surface area contributed by atoms with Crippen molar-refractivity contribution < 1.29 is 33.8 Å². The van der Waals surface area contributed by atoms with Crippen LogP contribution in [-0.2, 0) is 36.7 Å². The number of nitrogens with one attached hydrogen (secondary N) is 1. The Balaban J connectivity index is 1.18. The summed E-state index contributed by atoms with van der Waals surface area (Å²) < 4.78 is 12.2. The maximum atomic E-state index is 14.4. The molecule has 0 radical (unpaired) electrons. The standard InChI is InChI=1S/C45H49NO7/c1-2-3-4-5-6-9-24-37-38(25-10-7-8-11-26-42(48)49)41(27-40(37)47)53-43(50)45(28-31-18-12-13-19-32(31)29-45)46-44(51)52-30-39-35-22-16-14-20-33(35)34-21-15-17-23-36(34)39/h12-23,39,41H,2-8,10-11,25-30H2,1H3,(H,46,51)(H,48,49). The molecule has 6 rings (SSSR count). The molecular formula is C45H49NO7. The number of carboxylic acid groups (broad SMARTS) is 1. The van der Waals surface area contributed by atoms with Gasteiger partial charge in [0.25, 0.3) is 0 Å². The van der Waals surface area contributed by atoms with E-state index in [0.29, 0.717) is 31.3 Å². The molecular weight excluding hydrogens is 666 g/mol. The third kappa shape index (κ3) is 8.90. The summed E-state index contributed by atoms with van der Waals surface area (Å²) in [5, 5.41) is 11.9. The van der Waals surface area contributed by atoms with Crippen molar-refractivity contribution in [2.75, 3.05) is 6.61 Å². The van der Waals surface area contributed by atoms with Gasteiger partial charge in [0, 0.05) is 31.6 Å². The monoisotopic (exact) mass is 715 g/mol. The van der Waals surface area contributed by atoms with Crippen molar-refractivity contribution in [2.24, 2.45) is 0 Å². The van der Waals surface area contributed by atoms with Crippen LogP contribution in [0.1, 0.15) is 112 Å². The number of ketones is 1. The van der Waals surface area contributed by atoms with Crippen LogP contribution < -0.4 is 5.32 Å². The Hall–Kier alpha value is -5.16. The lowest BCUT2D eigenvalue weighted by atomic mass is 9.95. The molecule has 1 atom stereocenters. The normalized spacial score (nSPS) is 16.7. The lowest BCUT2D eigenvalue weighted by molar-refractivity contribution is -0.155. The van der Waals surface area contributed by atoms with Gasteiger partial charge in [-0.15, -0.1) is 0 Å². The van der Waals surface area contributed by atoms with Gasteiger partial charge in [0.05, 0.1) is 12.0 Å². The van der Waals surface area contributed by atoms with E-state index in [1.165, 1.54) is 0 Å². The molecule has 0 saturated carbocycles. The van der Waals surface area contributed by atoms with Gasteiger partial charge in [-0.25, -0.2) is 9.59 Å². The van der Waals surface area contributed by atoms with E-state index in [4.69, 9.17) is 14.6 Å². The molecule has 0 aromatic heterocycles. The minimum Gasteiger partial charge on any atom is -0.481 e. The second kappa shape index (κ2) is 17.6. The molecule has 0 saturated heterocycles. The number of allylic oxidation sites excluding steroid dienone is 1. The van der Waals surface area contributed by atoms with Crippen LogP contribution in [0.15, 0.2) is 83.9 Å². The van der Waals surface area contributed by atoms with Gasteiger partial charge >= 0.3 is 18.0 Å². The number of benzene rings is 3. The van der Waals surface area contributed by atoms with Crippen molar-refractivity contribution in [3.05, 3.63) is 106 Å². The number of carboxylic acids is 1. The van der Waals surface area contributed by atoms with E-state index in [1.54, 1.807) is 0 Å². The largest absolute Gasteiger partial charge is 0.481 e. The average molecular weight is 716 g/mol. The number of hydrogen-bond acceptors (Lipinski definition) is 6. The molecule has 2 N–H and O–H groups in total. The molecule has 0 aliphatic heterocycles. The number of carbonyl (C=O) groups is 4. The fourth-order valence-corrected chi connectivity index (χ4v) is 7.99. The number of aliphatic carboxylic acids is 1. The highest BCUT2D eigenvalue weighted by molar-refractivity contribution is 6.04. The van der Waals surface area contributed by atoms with E-state index in [-0.39, 0.29) is 44.0 Å². The van der Waals surface area contributed by atoms with Gasteiger partial charge in [-0.1, -0.05) is 124 Å². The van der Waals surface area contributed by atoms with Crippen molar-refractivity contribution in [2.45, 2.75) is 114 Å². The summed E-state index contributed by atoms with van der Waals surface area (Å²) in [5.41, 5.74) is 6.05. The van der Waals surface area contributed by atoms with Crippen molar-refractivity contribution >= 4 is 23.8 Å². The van der Waals surface area contributed by atoms with E-state index < -0.39 is 29.7 Å². The van der Waals surface area contributed by atoms with E-state index in [1.807, 2.05) is 48.5 Å². The number of Topliss-reactive ketones (excluding diaryl/α,β-unsaturated/α-hetero) is 1. The van der Waals surface area contributed by atoms with E-state index in [2.05, 4.69) is 48.3 Å². The Morgan fingerprint density at radius 3 is 2.11 bits per heavy atom. The summed E-state index contributed by atoms with van der Waals surface area (Å²) in [6, 6.07) is 24.0. The maximum absolute atomic E-state index is 14.4. The molecule has 3 aromatic rings. The quantitative estimate of drug-likeness (QED) is 0.0866. The number of fused-ring (bicyclic) bond motifs is 4. The third-order valence-electron chi connectivity index (χ3n) is 10.7. The van der Waals surface area contributed by atoms with Crippen LogP contribution in [0.4, 0.5) is 4.79 Å². The van der Waals surface area contributed by atoms with E-state index >= 15 is 0 Å². The smallest absolute Gasteiger partial charge is 0.408 e. The number of hydrogen-bond donors (Lipinski definition) is 2. The Kier molecular flexibility index (Phi) is 12.5. The van der Waals surface area contributed by atoms with Crippen LogP contribution in [0.3, 0.4) is 0 Å². The molecule has 1 unspecified atom stereocenters. The number of esters is 1. The van der Waals surface area contributed by atoms with Gasteiger partial charge in [-0.3, -0.25) is 9.59 Å². The first kappa shape index (κ1) is 37.6. The molecule has 1 amide bonds. The zero-order valence-corrected chi connectivity index (χ0v) is 30.6. The van der Waals surface area contributed by atoms with Crippen molar-refractivity contribution in [3.8, 4) is 23.0 Å². The summed E-state index contributed by atoms with van der Waals surface area (Å²) in [5.74, 6) is 4.63. The van der Waals surface area contributed by atoms with Gasteiger partial charge in [0.15, 0.2) is 5.78 Å². The summed E-state index contributed by atoms with van der Waals surface area (Å²) >= 11 is 0. The summed E-state index contributed by atoms with van der Waals surface area (Å²) in [6.07, 6.45) is 7.47. The second-order valence-corrected chi connectivity index (χ2v) is 14.5. The molecule has 8 nitrogen and oxygen atoms in total. The highest BCUT2D eigenvalue weighted by Crippen LogP contribution is 2.44. The summed E-state index contributed by atoms with van der Waals surface area (Å²) in [6.45, 7) is 2.26. The van der Waals surface area contributed by atoms with Crippen LogP contribution in [0.2, 0.25) is 0 Å². The predicted octanol–water partition coefficient (Wildman–Crippen LogP) is 8.64. The molecule has 3 aromatic carbocycles. The highest BCUT2D eigenvalue weighted by Gasteiger charge is 2.49. The molecule has 8 heteroatoms. The van der Waals surface area contributed by atoms with E-state index in [0.717, 1.165) is 77.5 Å². The van der Waals surface area contributed by atoms with Gasteiger partial charge < -0.3 is 19.9 Å². The zero-order valence-electron chi connectivity index (χ0n) is 30.6. The lowest BCUT2D eigenvalue weighted by Crippen LogP contribution is -2.57. The Bertz CT molecular complexity index is 1860. The highest BCUT2D eigenvalue weighted by atomic mass is 16.6. The van der Waals surface area contributed by atoms with Crippen LogP contribution in [0.25, 0.3) is 11.1 Å². The van der Waals surface area contributed by atoms with Crippen molar-refractivity contribution in [3.63, 3.8) is 0 Å². The summed E-state index contributed by atoms with van der Waals surface area (Å²) in [7, 11) is 0. The molecule has 0 fully saturated rings. The Morgan fingerprint density at radius 2 is 1.45 bits per heavy atom. The van der Waals surface area contributed by atoms with Crippen LogP contribution in [-0.4, -0.2) is 47.2 Å². The number of unbranched alkanes of at least 4 members (excludes halogenated alkanes) is 7. The van der Waals surface area contributed by atoms with Crippen molar-refractivity contribution in [1.82, 2.24) is 5.32 Å². The van der Waals surface area contributed by atoms with Crippen LogP contribution >= 0.6 is 0 Å². The molecule has 3 aliphatic rings. The Morgan fingerprint density at radius 1 is 0.830 bits per heavy atom. The molecule has 0 bridgehead atoms. The Labute approximate surface area is 312 Å². The van der Waals surface area contributed by atoms with Crippen molar-refractivity contribution in [1.29, 1.82) is 0 Å².